The van der Waals surface area contributed by atoms with Crippen LogP contribution in [0.1, 0.15) is 37.9 Å². The van der Waals surface area contributed by atoms with Crippen LogP contribution in [0.5, 0.6) is 0 Å². The third-order valence-electron chi connectivity index (χ3n) is 3.87. The molecule has 0 spiro atoms. The average Bonchev–Trinajstić information content (AvgIpc) is 2.93. The molecule has 2 rings (SSSR count). The minimum Gasteiger partial charge on any atom is -0.385 e. The molecule has 1 aliphatic heterocycles. The van der Waals surface area contributed by atoms with Crippen molar-refractivity contribution < 1.29 is 14.7 Å². The Hall–Kier alpha value is -0.900. The highest BCUT2D eigenvalue weighted by Gasteiger charge is 2.20. The molecule has 0 bridgehead atoms. The highest BCUT2D eigenvalue weighted by molar-refractivity contribution is 5.17. The Kier molecular flexibility index (Phi) is 5.83. The molecule has 1 heterocycles. The fraction of sp³-hybridized carbons (Fsp3) is 0.625. The second kappa shape index (κ2) is 7.63. The molecule has 3 nitrogen and oxygen atoms in total. The summed E-state index contributed by atoms with van der Waals surface area (Å²) < 4.78 is 5.89. The molecule has 0 unspecified atom stereocenters. The Bertz CT molecular complexity index is 349. The van der Waals surface area contributed by atoms with Gasteiger partial charge in [0.25, 0.3) is 0 Å². The predicted octanol–water partition coefficient (Wildman–Crippen LogP) is 1.19. The Morgan fingerprint density at radius 2 is 1.89 bits per heavy atom. The van der Waals surface area contributed by atoms with Crippen LogP contribution in [0.2, 0.25) is 0 Å². The van der Waals surface area contributed by atoms with Crippen molar-refractivity contribution in [1.29, 1.82) is 0 Å². The molecule has 0 aliphatic carbocycles. The van der Waals surface area contributed by atoms with Crippen molar-refractivity contribution in [2.45, 2.75) is 38.4 Å². The van der Waals surface area contributed by atoms with Crippen LogP contribution in [0.15, 0.2) is 30.3 Å². The van der Waals surface area contributed by atoms with Gasteiger partial charge in [-0.15, -0.1) is 0 Å². The van der Waals surface area contributed by atoms with E-state index in [1.165, 1.54) is 36.4 Å². The van der Waals surface area contributed by atoms with Gasteiger partial charge in [0.15, 0.2) is 0 Å². The van der Waals surface area contributed by atoms with E-state index in [9.17, 15) is 5.11 Å². The zero-order valence-electron chi connectivity index (χ0n) is 11.8. The fourth-order valence-electron chi connectivity index (χ4n) is 2.82. The maximum absolute atomic E-state index is 10.1. The number of nitrogens with one attached hydrogen (secondary N) is 1. The number of aliphatic hydroxyl groups is 1. The van der Waals surface area contributed by atoms with Crippen LogP contribution < -0.4 is 4.90 Å². The smallest absolute Gasteiger partial charge is 0.126 e. The van der Waals surface area contributed by atoms with Crippen LogP contribution >= 0.6 is 0 Å². The number of ether oxygens (including phenoxy) is 1. The maximum Gasteiger partial charge on any atom is 0.126 e. The first-order chi connectivity index (χ1) is 9.29. The minimum absolute atomic E-state index is 0.101. The third-order valence-corrected chi connectivity index (χ3v) is 3.87. The highest BCUT2D eigenvalue weighted by Crippen LogP contribution is 2.20. The molecular formula is C16H26NO2+. The summed E-state index contributed by atoms with van der Waals surface area (Å²) in [4.78, 5) is 1.52. The lowest BCUT2D eigenvalue weighted by Crippen LogP contribution is -3.11. The number of quaternary nitrogens is 1. The number of hydrogen-bond acceptors (Lipinski definition) is 2. The number of aliphatic hydroxyl groups excluding tert-OH is 1. The van der Waals surface area contributed by atoms with Crippen molar-refractivity contribution in [2.24, 2.45) is 0 Å². The molecule has 0 radical (unpaired) electrons. The van der Waals surface area contributed by atoms with Crippen LogP contribution in [0.3, 0.4) is 0 Å². The number of benzene rings is 1. The molecule has 1 fully saturated rings. The van der Waals surface area contributed by atoms with Crippen LogP contribution in [0, 0.1) is 0 Å². The van der Waals surface area contributed by atoms with Crippen LogP contribution in [-0.4, -0.2) is 37.5 Å². The van der Waals surface area contributed by atoms with Crippen molar-refractivity contribution in [3.63, 3.8) is 0 Å². The minimum atomic E-state index is -0.342. The van der Waals surface area contributed by atoms with Crippen molar-refractivity contribution in [2.75, 3.05) is 26.2 Å². The van der Waals surface area contributed by atoms with Gasteiger partial charge in [0.1, 0.15) is 12.6 Å². The van der Waals surface area contributed by atoms with Gasteiger partial charge in [-0.05, 0) is 12.0 Å². The lowest BCUT2D eigenvalue weighted by molar-refractivity contribution is -0.890. The van der Waals surface area contributed by atoms with Gasteiger partial charge in [-0.3, -0.25) is 0 Å². The van der Waals surface area contributed by atoms with E-state index < -0.39 is 0 Å². The third kappa shape index (κ3) is 4.60. The molecule has 3 heteroatoms. The van der Waals surface area contributed by atoms with Crippen molar-refractivity contribution in [1.82, 2.24) is 0 Å². The van der Waals surface area contributed by atoms with E-state index >= 15 is 0 Å². The first-order valence-electron chi connectivity index (χ1n) is 7.47. The first kappa shape index (κ1) is 14.5. The fourth-order valence-corrected chi connectivity index (χ4v) is 2.82. The van der Waals surface area contributed by atoms with E-state index in [0.717, 1.165) is 13.0 Å². The van der Waals surface area contributed by atoms with Gasteiger partial charge in [0.05, 0.1) is 25.8 Å². The van der Waals surface area contributed by atoms with Crippen LogP contribution in [-0.2, 0) is 4.74 Å². The van der Waals surface area contributed by atoms with E-state index in [0.29, 0.717) is 6.61 Å². The van der Waals surface area contributed by atoms with E-state index in [1.807, 2.05) is 18.2 Å². The molecule has 0 aromatic heterocycles. The largest absolute Gasteiger partial charge is 0.385 e. The van der Waals surface area contributed by atoms with Gasteiger partial charge < -0.3 is 14.7 Å². The zero-order valence-corrected chi connectivity index (χ0v) is 11.8. The first-order valence-corrected chi connectivity index (χ1v) is 7.47. The van der Waals surface area contributed by atoms with Crippen LogP contribution in [0.4, 0.5) is 0 Å². The molecule has 1 aromatic carbocycles. The molecule has 2 N–H and O–H groups in total. The second-order valence-electron chi connectivity index (χ2n) is 5.46. The monoisotopic (exact) mass is 264 g/mol. The quantitative estimate of drug-likeness (QED) is 0.776. The van der Waals surface area contributed by atoms with Gasteiger partial charge in [0.2, 0.25) is 0 Å². The van der Waals surface area contributed by atoms with E-state index in [-0.39, 0.29) is 12.2 Å². The summed E-state index contributed by atoms with van der Waals surface area (Å²) in [6.45, 7) is 5.79. The predicted molar refractivity (Wildman–Crippen MR) is 76.2 cm³/mol. The summed E-state index contributed by atoms with van der Waals surface area (Å²) in [6.07, 6.45) is 3.29. The lowest BCUT2D eigenvalue weighted by atomic mass is 10.1. The second-order valence-corrected chi connectivity index (χ2v) is 5.46. The Balaban J connectivity index is 1.76. The summed E-state index contributed by atoms with van der Waals surface area (Å²) >= 11 is 0. The zero-order chi connectivity index (χ0) is 13.5. The molecule has 1 saturated heterocycles. The lowest BCUT2D eigenvalue weighted by Gasteiger charge is -2.21. The molecule has 1 aliphatic rings. The Morgan fingerprint density at radius 1 is 1.21 bits per heavy atom. The Labute approximate surface area is 116 Å². The molecular weight excluding hydrogens is 238 g/mol. The summed E-state index contributed by atoms with van der Waals surface area (Å²) in [6, 6.07) is 10.3. The van der Waals surface area contributed by atoms with Crippen LogP contribution in [0.25, 0.3) is 0 Å². The molecule has 2 atom stereocenters. The van der Waals surface area contributed by atoms with Gasteiger partial charge in [-0.1, -0.05) is 37.3 Å². The molecule has 1 aromatic rings. The number of rotatable bonds is 7. The standard InChI is InChI=1S/C16H25NO2/c1-2-16(14-8-4-3-5-9-14)19-13-15(18)12-17-10-6-7-11-17/h3-5,8-9,15-16,18H,2,6-7,10-13H2,1H3/p+1/t15-,16+/m0/s1. The Morgan fingerprint density at radius 3 is 2.53 bits per heavy atom. The molecule has 106 valence electrons. The van der Waals surface area contributed by atoms with Crippen molar-refractivity contribution in [3.8, 4) is 0 Å². The maximum atomic E-state index is 10.1. The topological polar surface area (TPSA) is 33.9 Å². The summed E-state index contributed by atoms with van der Waals surface area (Å²) in [5.41, 5.74) is 1.20. The van der Waals surface area contributed by atoms with Gasteiger partial charge in [-0.25, -0.2) is 0 Å². The average molecular weight is 264 g/mol. The van der Waals surface area contributed by atoms with Crippen molar-refractivity contribution >= 4 is 0 Å². The van der Waals surface area contributed by atoms with E-state index in [2.05, 4.69) is 19.1 Å². The summed E-state index contributed by atoms with van der Waals surface area (Å²) in [5.74, 6) is 0. The molecule has 19 heavy (non-hydrogen) atoms. The summed E-state index contributed by atoms with van der Waals surface area (Å²) in [5, 5.41) is 10.1. The van der Waals surface area contributed by atoms with E-state index in [4.69, 9.17) is 4.74 Å². The summed E-state index contributed by atoms with van der Waals surface area (Å²) in [7, 11) is 0. The van der Waals surface area contributed by atoms with Gasteiger partial charge in [-0.2, -0.15) is 0 Å². The highest BCUT2D eigenvalue weighted by atomic mass is 16.5. The van der Waals surface area contributed by atoms with E-state index in [1.54, 1.807) is 0 Å². The SMILES string of the molecule is CC[C@@H](OC[C@@H](O)C[NH+]1CCCC1)c1ccccc1. The number of hydrogen-bond donors (Lipinski definition) is 2. The molecule has 0 amide bonds. The molecule has 0 saturated carbocycles. The normalized spacial score (nSPS) is 19.5. The van der Waals surface area contributed by atoms with Crippen molar-refractivity contribution in [3.05, 3.63) is 35.9 Å². The number of likely N-dealkylation sites (tertiary alicyclic amines) is 1. The van der Waals surface area contributed by atoms with Gasteiger partial charge >= 0.3 is 0 Å². The van der Waals surface area contributed by atoms with Gasteiger partial charge in [0, 0.05) is 12.8 Å².